The molecule has 0 radical (unpaired) electrons. The van der Waals surface area contributed by atoms with Gasteiger partial charge in [-0.25, -0.2) is 9.69 Å². The van der Waals surface area contributed by atoms with E-state index in [9.17, 15) is 22.8 Å². The molecule has 23 heavy (non-hydrogen) atoms. The number of halogens is 3. The Morgan fingerprint density at radius 1 is 1.30 bits per heavy atom. The fraction of sp³-hybridized carbons (Fsp3) is 0.625. The molecule has 1 fully saturated rings. The van der Waals surface area contributed by atoms with E-state index in [4.69, 9.17) is 4.74 Å². The zero-order chi connectivity index (χ0) is 18.1. The normalized spacial score (nSPS) is 21.2. The number of hydrogen-bond donors (Lipinski definition) is 0. The second-order valence-corrected chi connectivity index (χ2v) is 6.68. The van der Waals surface area contributed by atoms with Gasteiger partial charge in [0.15, 0.2) is 0 Å². The molecule has 1 rings (SSSR count). The van der Waals surface area contributed by atoms with Gasteiger partial charge in [0.05, 0.1) is 5.41 Å². The lowest BCUT2D eigenvalue weighted by Crippen LogP contribution is -2.49. The van der Waals surface area contributed by atoms with Crippen molar-refractivity contribution < 1.29 is 27.5 Å². The summed E-state index contributed by atoms with van der Waals surface area (Å²) >= 11 is 0. The second kappa shape index (κ2) is 6.37. The Labute approximate surface area is 134 Å². The van der Waals surface area contributed by atoms with Gasteiger partial charge in [0.2, 0.25) is 5.91 Å². The number of alkyl halides is 3. The summed E-state index contributed by atoms with van der Waals surface area (Å²) in [5.74, 6) is -0.895. The lowest BCUT2D eigenvalue weighted by Gasteiger charge is -2.28. The molecular weight excluding hydrogens is 311 g/mol. The van der Waals surface area contributed by atoms with Gasteiger partial charge >= 0.3 is 12.3 Å². The molecule has 1 heterocycles. The zero-order valence-corrected chi connectivity index (χ0v) is 13.6. The first-order valence-electron chi connectivity index (χ1n) is 7.23. The summed E-state index contributed by atoms with van der Waals surface area (Å²) in [5, 5.41) is 0. The van der Waals surface area contributed by atoms with E-state index in [1.54, 1.807) is 0 Å². The number of hydrogen-bond acceptors (Lipinski definition) is 3. The minimum Gasteiger partial charge on any atom is -0.443 e. The molecule has 0 bridgehead atoms. The molecule has 1 aliphatic rings. The maximum Gasteiger partial charge on any atom is 0.417 e. The van der Waals surface area contributed by atoms with Crippen LogP contribution in [0, 0.1) is 5.41 Å². The fourth-order valence-corrected chi connectivity index (χ4v) is 2.71. The topological polar surface area (TPSA) is 46.6 Å². The Hall–Kier alpha value is -1.79. The van der Waals surface area contributed by atoms with Crippen LogP contribution < -0.4 is 0 Å². The molecule has 0 aromatic rings. The van der Waals surface area contributed by atoms with Crippen LogP contribution in [0.5, 0.6) is 0 Å². The minimum absolute atomic E-state index is 0.0315. The Morgan fingerprint density at radius 3 is 2.13 bits per heavy atom. The molecule has 4 nitrogen and oxygen atoms in total. The van der Waals surface area contributed by atoms with Gasteiger partial charge in [-0.2, -0.15) is 13.2 Å². The predicted molar refractivity (Wildman–Crippen MR) is 79.6 cm³/mol. The number of imide groups is 1. The molecule has 1 atom stereocenters. The number of nitrogens with zero attached hydrogens (tertiary/aromatic N) is 1. The summed E-state index contributed by atoms with van der Waals surface area (Å²) in [6, 6.07) is -2.20. The van der Waals surface area contributed by atoms with Crippen molar-refractivity contribution in [1.82, 2.24) is 4.90 Å². The first-order valence-corrected chi connectivity index (χ1v) is 7.23. The van der Waals surface area contributed by atoms with E-state index in [0.29, 0.717) is 0 Å². The summed E-state index contributed by atoms with van der Waals surface area (Å²) < 4.78 is 45.0. The highest BCUT2D eigenvalue weighted by molar-refractivity contribution is 5.98. The number of carbonyl (C=O) groups is 2. The van der Waals surface area contributed by atoms with E-state index in [-0.39, 0.29) is 17.7 Å². The van der Waals surface area contributed by atoms with E-state index in [1.807, 2.05) is 0 Å². The van der Waals surface area contributed by atoms with Gasteiger partial charge in [-0.1, -0.05) is 12.2 Å². The fourth-order valence-electron chi connectivity index (χ4n) is 2.71. The van der Waals surface area contributed by atoms with Crippen LogP contribution in [0.3, 0.4) is 0 Å². The maximum absolute atomic E-state index is 13.3. The second-order valence-electron chi connectivity index (χ2n) is 6.68. The number of carbonyl (C=O) groups excluding carboxylic acids is 2. The molecule has 1 unspecified atom stereocenters. The van der Waals surface area contributed by atoms with E-state index >= 15 is 0 Å². The molecule has 1 saturated heterocycles. The third-order valence-electron chi connectivity index (χ3n) is 3.61. The van der Waals surface area contributed by atoms with Crippen LogP contribution in [0.25, 0.3) is 0 Å². The Kier molecular flexibility index (Phi) is 5.34. The number of likely N-dealkylation sites (tertiary alicyclic amines) is 1. The van der Waals surface area contributed by atoms with E-state index in [2.05, 4.69) is 13.2 Å². The van der Waals surface area contributed by atoms with Crippen molar-refractivity contribution in [3.8, 4) is 0 Å². The highest BCUT2D eigenvalue weighted by Gasteiger charge is 2.61. The van der Waals surface area contributed by atoms with E-state index in [0.717, 1.165) is 0 Å². The standard InChI is InChI=1S/C16H22F3NO3/c1-6-8-15(9-7-2)10-11(16(17,18)19)20(12(15)21)13(22)23-14(3,4)5/h6-7,11H,1-2,8-10H2,3-5H3. The van der Waals surface area contributed by atoms with E-state index < -0.39 is 41.7 Å². The number of ether oxygens (including phenoxy) is 1. The van der Waals surface area contributed by atoms with Crippen LogP contribution in [0.4, 0.5) is 18.0 Å². The molecule has 0 spiro atoms. The van der Waals surface area contributed by atoms with Gasteiger partial charge < -0.3 is 4.74 Å². The molecule has 0 N–H and O–H groups in total. The average molecular weight is 333 g/mol. The molecule has 2 amide bonds. The Morgan fingerprint density at radius 2 is 1.78 bits per heavy atom. The maximum atomic E-state index is 13.3. The quantitative estimate of drug-likeness (QED) is 0.724. The summed E-state index contributed by atoms with van der Waals surface area (Å²) in [5.41, 5.74) is -2.36. The SMILES string of the molecule is C=CCC1(CC=C)CC(C(F)(F)F)N(C(=O)OC(C)(C)C)C1=O. The van der Waals surface area contributed by atoms with Gasteiger partial charge in [-0.3, -0.25) is 4.79 Å². The first kappa shape index (κ1) is 19.3. The van der Waals surface area contributed by atoms with Gasteiger partial charge in [-0.15, -0.1) is 13.2 Å². The van der Waals surface area contributed by atoms with Gasteiger partial charge in [0, 0.05) is 0 Å². The molecule has 0 aliphatic carbocycles. The van der Waals surface area contributed by atoms with Crippen LogP contribution in [0.2, 0.25) is 0 Å². The average Bonchev–Trinajstić information content (AvgIpc) is 2.62. The predicted octanol–water partition coefficient (Wildman–Crippen LogP) is 4.22. The van der Waals surface area contributed by atoms with Crippen molar-refractivity contribution >= 4 is 12.0 Å². The van der Waals surface area contributed by atoms with Crippen molar-refractivity contribution in [2.45, 2.75) is 57.9 Å². The largest absolute Gasteiger partial charge is 0.443 e. The van der Waals surface area contributed by atoms with Crippen molar-refractivity contribution in [3.63, 3.8) is 0 Å². The summed E-state index contributed by atoms with van der Waals surface area (Å²) in [4.78, 5) is 25.0. The lowest BCUT2D eigenvalue weighted by atomic mass is 9.78. The van der Waals surface area contributed by atoms with Crippen molar-refractivity contribution in [1.29, 1.82) is 0 Å². The van der Waals surface area contributed by atoms with Crippen LogP contribution in [0.1, 0.15) is 40.0 Å². The molecule has 0 saturated carbocycles. The molecule has 7 heteroatoms. The van der Waals surface area contributed by atoms with Crippen LogP contribution in [-0.4, -0.2) is 34.7 Å². The molecule has 1 aliphatic heterocycles. The van der Waals surface area contributed by atoms with Gasteiger partial charge in [0.25, 0.3) is 0 Å². The summed E-state index contributed by atoms with van der Waals surface area (Å²) in [6.07, 6.45) is -3.70. The summed E-state index contributed by atoms with van der Waals surface area (Å²) in [7, 11) is 0. The van der Waals surface area contributed by atoms with Crippen LogP contribution in [0.15, 0.2) is 25.3 Å². The third kappa shape index (κ3) is 4.14. The highest BCUT2D eigenvalue weighted by Crippen LogP contribution is 2.47. The van der Waals surface area contributed by atoms with Crippen LogP contribution >= 0.6 is 0 Å². The lowest BCUT2D eigenvalue weighted by molar-refractivity contribution is -0.177. The number of allylic oxidation sites excluding steroid dienone is 2. The monoisotopic (exact) mass is 333 g/mol. The van der Waals surface area contributed by atoms with Crippen molar-refractivity contribution in [2.75, 3.05) is 0 Å². The molecule has 0 aromatic carbocycles. The molecule has 0 aromatic heterocycles. The van der Waals surface area contributed by atoms with Gasteiger partial charge in [-0.05, 0) is 40.0 Å². The number of amides is 2. The zero-order valence-electron chi connectivity index (χ0n) is 13.6. The molecular formula is C16H22F3NO3. The van der Waals surface area contributed by atoms with Crippen LogP contribution in [-0.2, 0) is 9.53 Å². The minimum atomic E-state index is -4.73. The number of rotatable bonds is 4. The summed E-state index contributed by atoms with van der Waals surface area (Å²) in [6.45, 7) is 11.6. The van der Waals surface area contributed by atoms with Crippen molar-refractivity contribution in [2.24, 2.45) is 5.41 Å². The highest BCUT2D eigenvalue weighted by atomic mass is 19.4. The van der Waals surface area contributed by atoms with E-state index in [1.165, 1.54) is 32.9 Å². The van der Waals surface area contributed by atoms with Crippen molar-refractivity contribution in [3.05, 3.63) is 25.3 Å². The smallest absolute Gasteiger partial charge is 0.417 e. The Balaban J connectivity index is 3.28. The Bertz CT molecular complexity index is 496. The first-order chi connectivity index (χ1) is 10.4. The molecule has 130 valence electrons. The van der Waals surface area contributed by atoms with Gasteiger partial charge in [0.1, 0.15) is 11.6 Å². The third-order valence-corrected chi connectivity index (χ3v) is 3.61.